The van der Waals surface area contributed by atoms with Crippen molar-refractivity contribution in [2.24, 2.45) is 0 Å². The van der Waals surface area contributed by atoms with Crippen LogP contribution in [0.3, 0.4) is 0 Å². The van der Waals surface area contributed by atoms with E-state index in [1.165, 1.54) is 6.92 Å². The number of carbonyl (C=O) groups excluding carboxylic acids is 1. The number of hydrogen-bond acceptors (Lipinski definition) is 4. The third-order valence-electron chi connectivity index (χ3n) is 1.82. The highest BCUT2D eigenvalue weighted by atomic mass is 16.7. The van der Waals surface area contributed by atoms with Crippen LogP contribution in [0.4, 0.5) is 4.79 Å². The zero-order valence-corrected chi connectivity index (χ0v) is 8.75. The largest absolute Gasteiger partial charge is 0.509 e. The molecule has 0 aliphatic carbocycles. The molecule has 0 aliphatic heterocycles. The fraction of sp³-hybridized carbons (Fsp3) is 0.273. The molecule has 86 valence electrons. The van der Waals surface area contributed by atoms with Crippen LogP contribution in [0.2, 0.25) is 0 Å². The summed E-state index contributed by atoms with van der Waals surface area (Å²) in [5, 5.41) is 8.48. The van der Waals surface area contributed by atoms with E-state index in [9.17, 15) is 9.59 Å². The Balaban J connectivity index is 2.33. The van der Waals surface area contributed by atoms with Gasteiger partial charge in [-0.15, -0.1) is 0 Å². The number of carboxylic acid groups (broad SMARTS) is 1. The van der Waals surface area contributed by atoms with Gasteiger partial charge in [-0.05, 0) is 12.5 Å². The van der Waals surface area contributed by atoms with E-state index >= 15 is 0 Å². The van der Waals surface area contributed by atoms with Crippen molar-refractivity contribution in [1.82, 2.24) is 0 Å². The summed E-state index contributed by atoms with van der Waals surface area (Å²) in [6.07, 6.45) is -2.19. The first-order valence-electron chi connectivity index (χ1n) is 4.69. The molecule has 1 rings (SSSR count). The first-order chi connectivity index (χ1) is 7.59. The molecule has 16 heavy (non-hydrogen) atoms. The second kappa shape index (κ2) is 5.75. The molecule has 0 bridgehead atoms. The molecule has 0 spiro atoms. The molecule has 0 fully saturated rings. The lowest BCUT2D eigenvalue weighted by atomic mass is 10.2. The Morgan fingerprint density at radius 3 is 2.50 bits per heavy atom. The standard InChI is InChI=1S/C11H12O5/c1-8(10(12)13)16-11(14)15-7-9-5-3-2-4-6-9/h2-6,8H,7H2,1H3,(H,12,13). The van der Waals surface area contributed by atoms with E-state index in [1.54, 1.807) is 12.1 Å². The lowest BCUT2D eigenvalue weighted by Gasteiger charge is -2.08. The molecule has 1 aromatic rings. The highest BCUT2D eigenvalue weighted by Crippen LogP contribution is 2.02. The molecule has 0 radical (unpaired) electrons. The molecule has 1 N–H and O–H groups in total. The van der Waals surface area contributed by atoms with Crippen LogP contribution >= 0.6 is 0 Å². The number of benzene rings is 1. The van der Waals surface area contributed by atoms with Gasteiger partial charge < -0.3 is 14.6 Å². The highest BCUT2D eigenvalue weighted by molar-refractivity contribution is 5.75. The Labute approximate surface area is 92.6 Å². The number of ether oxygens (including phenoxy) is 2. The van der Waals surface area contributed by atoms with Crippen LogP contribution in [0.1, 0.15) is 12.5 Å². The minimum atomic E-state index is -1.21. The minimum Gasteiger partial charge on any atom is -0.479 e. The fourth-order valence-corrected chi connectivity index (χ4v) is 0.945. The zero-order valence-electron chi connectivity index (χ0n) is 8.75. The average molecular weight is 224 g/mol. The number of carboxylic acids is 1. The van der Waals surface area contributed by atoms with Crippen molar-refractivity contribution < 1.29 is 24.2 Å². The van der Waals surface area contributed by atoms with Gasteiger partial charge in [0.15, 0.2) is 6.10 Å². The van der Waals surface area contributed by atoms with Crippen molar-refractivity contribution in [2.45, 2.75) is 19.6 Å². The summed E-state index contributed by atoms with van der Waals surface area (Å²) in [7, 11) is 0. The molecule has 0 aliphatic rings. The molecule has 0 amide bonds. The van der Waals surface area contributed by atoms with Crippen LogP contribution in [0, 0.1) is 0 Å². The molecule has 1 atom stereocenters. The Kier molecular flexibility index (Phi) is 4.32. The van der Waals surface area contributed by atoms with Gasteiger partial charge in [-0.3, -0.25) is 0 Å². The van der Waals surface area contributed by atoms with E-state index in [-0.39, 0.29) is 6.61 Å². The second-order valence-corrected chi connectivity index (χ2v) is 3.12. The average Bonchev–Trinajstić information content (AvgIpc) is 2.27. The Bertz CT molecular complexity index is 360. The molecular formula is C11H12O5. The van der Waals surface area contributed by atoms with Gasteiger partial charge in [0.25, 0.3) is 0 Å². The number of aliphatic carboxylic acids is 1. The van der Waals surface area contributed by atoms with Crippen molar-refractivity contribution >= 4 is 12.1 Å². The van der Waals surface area contributed by atoms with E-state index in [0.717, 1.165) is 5.56 Å². The number of carbonyl (C=O) groups is 2. The monoisotopic (exact) mass is 224 g/mol. The van der Waals surface area contributed by atoms with Gasteiger partial charge in [-0.1, -0.05) is 30.3 Å². The summed E-state index contributed by atoms with van der Waals surface area (Å²) in [6, 6.07) is 9.03. The van der Waals surface area contributed by atoms with Crippen molar-refractivity contribution in [3.05, 3.63) is 35.9 Å². The number of hydrogen-bond donors (Lipinski definition) is 1. The molecule has 0 saturated carbocycles. The summed E-state index contributed by atoms with van der Waals surface area (Å²) in [6.45, 7) is 1.32. The first kappa shape index (κ1) is 12.0. The topological polar surface area (TPSA) is 72.8 Å². The van der Waals surface area contributed by atoms with Gasteiger partial charge in [0, 0.05) is 0 Å². The molecule has 1 unspecified atom stereocenters. The Morgan fingerprint density at radius 1 is 1.31 bits per heavy atom. The van der Waals surface area contributed by atoms with Gasteiger partial charge in [-0.2, -0.15) is 0 Å². The molecule has 0 heterocycles. The van der Waals surface area contributed by atoms with E-state index in [4.69, 9.17) is 9.84 Å². The van der Waals surface area contributed by atoms with Crippen LogP contribution in [0.25, 0.3) is 0 Å². The maximum absolute atomic E-state index is 11.0. The summed E-state index contributed by atoms with van der Waals surface area (Å²) in [5.74, 6) is -1.21. The van der Waals surface area contributed by atoms with E-state index in [2.05, 4.69) is 4.74 Å². The van der Waals surface area contributed by atoms with Crippen LogP contribution in [0.5, 0.6) is 0 Å². The molecule has 5 nitrogen and oxygen atoms in total. The summed E-state index contributed by atoms with van der Waals surface area (Å²) in [4.78, 5) is 21.4. The zero-order chi connectivity index (χ0) is 12.0. The fourth-order valence-electron chi connectivity index (χ4n) is 0.945. The Hall–Kier alpha value is -2.04. The van der Waals surface area contributed by atoms with Crippen LogP contribution in [0.15, 0.2) is 30.3 Å². The van der Waals surface area contributed by atoms with Gasteiger partial charge in [0.05, 0.1) is 0 Å². The predicted octanol–water partition coefficient (Wildman–Crippen LogP) is 1.81. The summed E-state index contributed by atoms with van der Waals surface area (Å²) in [5.41, 5.74) is 0.808. The third-order valence-corrected chi connectivity index (χ3v) is 1.82. The quantitative estimate of drug-likeness (QED) is 0.789. The van der Waals surface area contributed by atoms with E-state index in [0.29, 0.717) is 0 Å². The van der Waals surface area contributed by atoms with E-state index < -0.39 is 18.2 Å². The molecule has 0 saturated heterocycles. The maximum atomic E-state index is 11.0. The number of rotatable bonds is 4. The molecule has 0 aromatic heterocycles. The lowest BCUT2D eigenvalue weighted by molar-refractivity contribution is -0.147. The van der Waals surface area contributed by atoms with Gasteiger partial charge in [0.2, 0.25) is 0 Å². The van der Waals surface area contributed by atoms with Crippen LogP contribution < -0.4 is 0 Å². The predicted molar refractivity (Wildman–Crippen MR) is 54.8 cm³/mol. The molecule has 5 heteroatoms. The van der Waals surface area contributed by atoms with Crippen LogP contribution in [-0.2, 0) is 20.9 Å². The van der Waals surface area contributed by atoms with Crippen molar-refractivity contribution in [2.75, 3.05) is 0 Å². The Morgan fingerprint density at radius 2 is 1.94 bits per heavy atom. The smallest absolute Gasteiger partial charge is 0.479 e. The molecule has 1 aromatic carbocycles. The summed E-state index contributed by atoms with van der Waals surface area (Å²) >= 11 is 0. The normalized spacial score (nSPS) is 11.6. The van der Waals surface area contributed by atoms with Crippen molar-refractivity contribution in [1.29, 1.82) is 0 Å². The van der Waals surface area contributed by atoms with Gasteiger partial charge >= 0.3 is 12.1 Å². The SMILES string of the molecule is CC(OC(=O)OCc1ccccc1)C(=O)O. The second-order valence-electron chi connectivity index (χ2n) is 3.12. The van der Waals surface area contributed by atoms with Gasteiger partial charge in [0.1, 0.15) is 6.61 Å². The highest BCUT2D eigenvalue weighted by Gasteiger charge is 2.17. The minimum absolute atomic E-state index is 0.0615. The lowest BCUT2D eigenvalue weighted by Crippen LogP contribution is -2.24. The molecular weight excluding hydrogens is 212 g/mol. The summed E-state index contributed by atoms with van der Waals surface area (Å²) < 4.78 is 9.20. The maximum Gasteiger partial charge on any atom is 0.509 e. The van der Waals surface area contributed by atoms with Crippen LogP contribution in [-0.4, -0.2) is 23.3 Å². The van der Waals surface area contributed by atoms with E-state index in [1.807, 2.05) is 18.2 Å². The van der Waals surface area contributed by atoms with Crippen molar-refractivity contribution in [3.8, 4) is 0 Å². The third kappa shape index (κ3) is 4.00. The first-order valence-corrected chi connectivity index (χ1v) is 4.69. The van der Waals surface area contributed by atoms with Gasteiger partial charge in [-0.25, -0.2) is 9.59 Å². The van der Waals surface area contributed by atoms with Crippen molar-refractivity contribution in [3.63, 3.8) is 0 Å².